The molecule has 0 fully saturated rings. The second-order valence-electron chi connectivity index (χ2n) is 6.51. The number of hydrogen-bond donors (Lipinski definition) is 1. The highest BCUT2D eigenvalue weighted by atomic mass is 16.1. The number of hydrogen-bond acceptors (Lipinski definition) is 3. The van der Waals surface area contributed by atoms with Gasteiger partial charge in [0.15, 0.2) is 0 Å². The highest BCUT2D eigenvalue weighted by Crippen LogP contribution is 2.36. The molecule has 25 heavy (non-hydrogen) atoms. The second kappa shape index (κ2) is 6.55. The number of aryl methyl sites for hydroxylation is 1. The summed E-state index contributed by atoms with van der Waals surface area (Å²) in [5.41, 5.74) is 4.19. The zero-order valence-electron chi connectivity index (χ0n) is 14.3. The molecule has 0 radical (unpaired) electrons. The van der Waals surface area contributed by atoms with Crippen LogP contribution in [0.3, 0.4) is 0 Å². The predicted octanol–water partition coefficient (Wildman–Crippen LogP) is 3.80. The highest BCUT2D eigenvalue weighted by molar-refractivity contribution is 6.04. The van der Waals surface area contributed by atoms with E-state index in [9.17, 15) is 4.79 Å². The Labute approximate surface area is 147 Å². The number of rotatable bonds is 4. The average Bonchev–Trinajstić information content (AvgIpc) is 3.02. The first kappa shape index (κ1) is 15.6. The Kier molecular flexibility index (Phi) is 4.10. The van der Waals surface area contributed by atoms with Gasteiger partial charge in [-0.15, -0.1) is 0 Å². The van der Waals surface area contributed by atoms with E-state index >= 15 is 0 Å². The number of para-hydroxylation sites is 1. The van der Waals surface area contributed by atoms with Crippen molar-refractivity contribution >= 4 is 28.3 Å². The van der Waals surface area contributed by atoms with Crippen molar-refractivity contribution in [3.63, 3.8) is 0 Å². The van der Waals surface area contributed by atoms with E-state index in [1.54, 1.807) is 0 Å². The number of fused-ring (bicyclic) bond motifs is 2. The summed E-state index contributed by atoms with van der Waals surface area (Å²) in [4.78, 5) is 19.5. The van der Waals surface area contributed by atoms with Crippen LogP contribution in [0.2, 0.25) is 0 Å². The van der Waals surface area contributed by atoms with Gasteiger partial charge in [-0.1, -0.05) is 48.5 Å². The van der Waals surface area contributed by atoms with E-state index in [1.807, 2.05) is 42.5 Å². The fraction of sp³-hybridized carbons (Fsp3) is 0.238. The SMILES string of the molecule is CN1CCc2c1nc1ccccc1c2NC(=O)CCc1ccccc1. The number of anilines is 2. The summed E-state index contributed by atoms with van der Waals surface area (Å²) >= 11 is 0. The van der Waals surface area contributed by atoms with Gasteiger partial charge >= 0.3 is 0 Å². The van der Waals surface area contributed by atoms with E-state index in [1.165, 1.54) is 5.56 Å². The third kappa shape index (κ3) is 3.07. The van der Waals surface area contributed by atoms with Crippen molar-refractivity contribution in [3.8, 4) is 0 Å². The van der Waals surface area contributed by atoms with Crippen LogP contribution in [0.5, 0.6) is 0 Å². The van der Waals surface area contributed by atoms with Crippen LogP contribution in [0, 0.1) is 0 Å². The standard InChI is InChI=1S/C21H21N3O/c1-24-14-13-17-20(16-9-5-6-10-18(16)22-21(17)24)23-19(25)12-11-15-7-3-2-4-8-15/h2-10H,11-14H2,1H3,(H,22,23,25). The average molecular weight is 331 g/mol. The quantitative estimate of drug-likeness (QED) is 0.791. The molecule has 2 aromatic carbocycles. The topological polar surface area (TPSA) is 45.2 Å². The molecule has 0 atom stereocenters. The lowest BCUT2D eigenvalue weighted by molar-refractivity contribution is -0.116. The fourth-order valence-electron chi connectivity index (χ4n) is 3.42. The molecule has 0 bridgehead atoms. The van der Waals surface area contributed by atoms with E-state index in [4.69, 9.17) is 4.98 Å². The number of pyridine rings is 1. The molecule has 1 aliphatic rings. The lowest BCUT2D eigenvalue weighted by atomic mass is 10.1. The third-order valence-electron chi connectivity index (χ3n) is 4.78. The number of likely N-dealkylation sites (N-methyl/N-ethyl adjacent to an activating group) is 1. The van der Waals surface area contributed by atoms with Crippen LogP contribution in [0.15, 0.2) is 54.6 Å². The van der Waals surface area contributed by atoms with Crippen LogP contribution >= 0.6 is 0 Å². The summed E-state index contributed by atoms with van der Waals surface area (Å²) in [6, 6.07) is 18.1. The molecule has 4 nitrogen and oxygen atoms in total. The number of carbonyl (C=O) groups is 1. The highest BCUT2D eigenvalue weighted by Gasteiger charge is 2.24. The molecule has 0 saturated heterocycles. The number of nitrogens with one attached hydrogen (secondary N) is 1. The van der Waals surface area contributed by atoms with Gasteiger partial charge in [0.2, 0.25) is 5.91 Å². The Hall–Kier alpha value is -2.88. The van der Waals surface area contributed by atoms with Gasteiger partial charge in [-0.05, 0) is 24.5 Å². The number of benzene rings is 2. The molecule has 1 amide bonds. The summed E-state index contributed by atoms with van der Waals surface area (Å²) in [5, 5.41) is 4.19. The molecule has 1 aliphatic heterocycles. The Morgan fingerprint density at radius 2 is 1.88 bits per heavy atom. The molecule has 4 rings (SSSR count). The molecular formula is C21H21N3O. The molecule has 4 heteroatoms. The Morgan fingerprint density at radius 3 is 2.72 bits per heavy atom. The molecular weight excluding hydrogens is 310 g/mol. The molecule has 1 aromatic heterocycles. The lowest BCUT2D eigenvalue weighted by Crippen LogP contribution is -2.15. The van der Waals surface area contributed by atoms with Crippen molar-refractivity contribution in [2.75, 3.05) is 23.8 Å². The first-order chi connectivity index (χ1) is 12.2. The zero-order valence-corrected chi connectivity index (χ0v) is 14.3. The van der Waals surface area contributed by atoms with E-state index in [0.717, 1.165) is 47.4 Å². The normalized spacial score (nSPS) is 13.1. The van der Waals surface area contributed by atoms with Crippen LogP contribution in [0.25, 0.3) is 10.9 Å². The van der Waals surface area contributed by atoms with Gasteiger partial charge in [0.25, 0.3) is 0 Å². The van der Waals surface area contributed by atoms with E-state index in [2.05, 4.69) is 29.4 Å². The van der Waals surface area contributed by atoms with Crippen molar-refractivity contribution in [1.82, 2.24) is 4.98 Å². The summed E-state index contributed by atoms with van der Waals surface area (Å²) in [6.45, 7) is 0.936. The maximum Gasteiger partial charge on any atom is 0.224 e. The van der Waals surface area contributed by atoms with Crippen molar-refractivity contribution in [2.24, 2.45) is 0 Å². The van der Waals surface area contributed by atoms with Crippen LogP contribution in [-0.2, 0) is 17.6 Å². The Balaban J connectivity index is 1.61. The smallest absolute Gasteiger partial charge is 0.224 e. The first-order valence-electron chi connectivity index (χ1n) is 8.69. The van der Waals surface area contributed by atoms with Crippen molar-refractivity contribution in [3.05, 3.63) is 65.7 Å². The third-order valence-corrected chi connectivity index (χ3v) is 4.78. The molecule has 126 valence electrons. The molecule has 2 heterocycles. The Morgan fingerprint density at radius 1 is 1.12 bits per heavy atom. The summed E-state index contributed by atoms with van der Waals surface area (Å²) in [6.07, 6.45) is 2.14. The minimum absolute atomic E-state index is 0.0527. The zero-order chi connectivity index (χ0) is 17.2. The van der Waals surface area contributed by atoms with Gasteiger partial charge < -0.3 is 10.2 Å². The maximum absolute atomic E-state index is 12.6. The first-order valence-corrected chi connectivity index (χ1v) is 8.69. The summed E-state index contributed by atoms with van der Waals surface area (Å²) in [5.74, 6) is 1.04. The van der Waals surface area contributed by atoms with Gasteiger partial charge in [-0.25, -0.2) is 4.98 Å². The minimum Gasteiger partial charge on any atom is -0.359 e. The molecule has 3 aromatic rings. The Bertz CT molecular complexity index is 921. The van der Waals surface area contributed by atoms with Crippen LogP contribution in [0.4, 0.5) is 11.5 Å². The van der Waals surface area contributed by atoms with E-state index in [-0.39, 0.29) is 5.91 Å². The van der Waals surface area contributed by atoms with Gasteiger partial charge in [0.1, 0.15) is 5.82 Å². The van der Waals surface area contributed by atoms with Crippen LogP contribution in [0.1, 0.15) is 17.5 Å². The lowest BCUT2D eigenvalue weighted by Gasteiger charge is -2.16. The van der Waals surface area contributed by atoms with Gasteiger partial charge in [-0.2, -0.15) is 0 Å². The van der Waals surface area contributed by atoms with Gasteiger partial charge in [0, 0.05) is 31.0 Å². The van der Waals surface area contributed by atoms with Crippen LogP contribution < -0.4 is 10.2 Å². The molecule has 0 unspecified atom stereocenters. The number of nitrogens with zero attached hydrogens (tertiary/aromatic N) is 2. The van der Waals surface area contributed by atoms with Crippen molar-refractivity contribution in [1.29, 1.82) is 0 Å². The second-order valence-corrected chi connectivity index (χ2v) is 6.51. The van der Waals surface area contributed by atoms with Gasteiger partial charge in [0.05, 0.1) is 11.2 Å². The predicted molar refractivity (Wildman–Crippen MR) is 102 cm³/mol. The van der Waals surface area contributed by atoms with E-state index < -0.39 is 0 Å². The maximum atomic E-state index is 12.6. The number of amides is 1. The summed E-state index contributed by atoms with van der Waals surface area (Å²) < 4.78 is 0. The molecule has 1 N–H and O–H groups in total. The summed E-state index contributed by atoms with van der Waals surface area (Å²) in [7, 11) is 2.05. The monoisotopic (exact) mass is 331 g/mol. The van der Waals surface area contributed by atoms with E-state index in [0.29, 0.717) is 6.42 Å². The largest absolute Gasteiger partial charge is 0.359 e. The minimum atomic E-state index is 0.0527. The van der Waals surface area contributed by atoms with Crippen molar-refractivity contribution < 1.29 is 4.79 Å². The number of aromatic nitrogens is 1. The fourth-order valence-corrected chi connectivity index (χ4v) is 3.42. The molecule has 0 spiro atoms. The molecule has 0 aliphatic carbocycles. The van der Waals surface area contributed by atoms with Crippen LogP contribution in [-0.4, -0.2) is 24.5 Å². The number of carbonyl (C=O) groups excluding carboxylic acids is 1. The van der Waals surface area contributed by atoms with Gasteiger partial charge in [-0.3, -0.25) is 4.79 Å². The molecule has 0 saturated carbocycles. The van der Waals surface area contributed by atoms with Crippen molar-refractivity contribution in [2.45, 2.75) is 19.3 Å².